The lowest BCUT2D eigenvalue weighted by atomic mass is 10.2. The highest BCUT2D eigenvalue weighted by Gasteiger charge is 2.25. The maximum absolute atomic E-state index is 12.9. The first-order valence-corrected chi connectivity index (χ1v) is 13.3. The average molecular weight is 531 g/mol. The second kappa shape index (κ2) is 10.1. The van der Waals surface area contributed by atoms with Gasteiger partial charge in [0.05, 0.1) is 5.75 Å². The molecule has 3 rings (SSSR count). The monoisotopic (exact) mass is 530 g/mol. The fourth-order valence-electron chi connectivity index (χ4n) is 3.01. The standard InChI is InChI=1S/C19H23BrN4O5S2/c20-15-7-8-17-16(11-15)18(19(24-17)29-13-21)31(27,28)23-10-4-9-22-30(25,26)12-14-5-2-1-3-6-14/h1-3,5-8,11,22-24H,4,9-10,12-13,21H2. The van der Waals surface area contributed by atoms with E-state index in [0.717, 1.165) is 0 Å². The lowest BCUT2D eigenvalue weighted by Crippen LogP contribution is -2.30. The predicted octanol–water partition coefficient (Wildman–Crippen LogP) is 2.01. The molecule has 0 unspecified atom stereocenters. The molecule has 0 radical (unpaired) electrons. The Morgan fingerprint density at radius 1 is 1.00 bits per heavy atom. The van der Waals surface area contributed by atoms with Crippen LogP contribution in [0.3, 0.4) is 0 Å². The Bertz CT molecular complexity index is 1250. The van der Waals surface area contributed by atoms with Gasteiger partial charge in [-0.05, 0) is 30.2 Å². The first kappa shape index (κ1) is 23.7. The first-order chi connectivity index (χ1) is 14.7. The van der Waals surface area contributed by atoms with Crippen LogP contribution in [0.15, 0.2) is 57.9 Å². The van der Waals surface area contributed by atoms with Crippen LogP contribution in [0.1, 0.15) is 12.0 Å². The summed E-state index contributed by atoms with van der Waals surface area (Å²) in [4.78, 5) is 2.87. The molecule has 168 valence electrons. The summed E-state index contributed by atoms with van der Waals surface area (Å²) in [6.07, 6.45) is 0.270. The molecule has 0 saturated carbocycles. The van der Waals surface area contributed by atoms with E-state index < -0.39 is 20.0 Å². The topological polar surface area (TPSA) is 143 Å². The predicted molar refractivity (Wildman–Crippen MR) is 123 cm³/mol. The van der Waals surface area contributed by atoms with Gasteiger partial charge in [-0.2, -0.15) is 0 Å². The number of ether oxygens (including phenoxy) is 1. The van der Waals surface area contributed by atoms with E-state index in [1.54, 1.807) is 42.5 Å². The van der Waals surface area contributed by atoms with Gasteiger partial charge in [-0.1, -0.05) is 46.3 Å². The molecule has 0 aliphatic carbocycles. The highest BCUT2D eigenvalue weighted by Crippen LogP contribution is 2.33. The molecule has 3 aromatic rings. The van der Waals surface area contributed by atoms with Crippen molar-refractivity contribution in [3.05, 3.63) is 58.6 Å². The van der Waals surface area contributed by atoms with Crippen molar-refractivity contribution in [1.29, 1.82) is 0 Å². The number of nitrogens with two attached hydrogens (primary N) is 1. The molecule has 0 bridgehead atoms. The summed E-state index contributed by atoms with van der Waals surface area (Å²) in [5.74, 6) is -0.0875. The summed E-state index contributed by atoms with van der Waals surface area (Å²) >= 11 is 3.34. The molecule has 0 aliphatic heterocycles. The minimum absolute atomic E-state index is 0.0406. The van der Waals surface area contributed by atoms with Crippen LogP contribution < -0.4 is 19.9 Å². The van der Waals surface area contributed by atoms with Crippen LogP contribution in [0.25, 0.3) is 10.9 Å². The molecule has 5 N–H and O–H groups in total. The molecule has 12 heteroatoms. The van der Waals surface area contributed by atoms with E-state index in [9.17, 15) is 16.8 Å². The van der Waals surface area contributed by atoms with Crippen molar-refractivity contribution in [2.24, 2.45) is 5.73 Å². The minimum atomic E-state index is -3.94. The molecule has 0 saturated heterocycles. The van der Waals surface area contributed by atoms with Gasteiger partial charge in [0.25, 0.3) is 0 Å². The number of H-pyrrole nitrogens is 1. The third kappa shape index (κ3) is 6.28. The zero-order valence-electron chi connectivity index (χ0n) is 16.5. The third-order valence-corrected chi connectivity index (χ3v) is 7.72. The Kier molecular flexibility index (Phi) is 7.73. The normalized spacial score (nSPS) is 12.3. The molecule has 0 spiro atoms. The Morgan fingerprint density at radius 2 is 1.71 bits per heavy atom. The molecule has 2 aromatic carbocycles. The second-order valence-electron chi connectivity index (χ2n) is 6.67. The maximum atomic E-state index is 12.9. The smallest absolute Gasteiger partial charge is 0.246 e. The van der Waals surface area contributed by atoms with Gasteiger partial charge < -0.3 is 9.72 Å². The summed E-state index contributed by atoms with van der Waals surface area (Å²) in [6.45, 7) is -0.0537. The van der Waals surface area contributed by atoms with Crippen molar-refractivity contribution in [3.8, 4) is 5.88 Å². The van der Waals surface area contributed by atoms with Gasteiger partial charge in [0.15, 0.2) is 4.90 Å². The van der Waals surface area contributed by atoms with Crippen LogP contribution in [0, 0.1) is 0 Å². The maximum Gasteiger partial charge on any atom is 0.246 e. The summed E-state index contributed by atoms with van der Waals surface area (Å²) in [5, 5.41) is 0.453. The second-order valence-corrected chi connectivity index (χ2v) is 11.1. The van der Waals surface area contributed by atoms with Crippen LogP contribution in [-0.2, 0) is 25.8 Å². The highest BCUT2D eigenvalue weighted by molar-refractivity contribution is 9.10. The SMILES string of the molecule is NCOc1[nH]c2ccc(Br)cc2c1S(=O)(=O)NCCCNS(=O)(=O)Cc1ccccc1. The molecular formula is C19H23BrN4O5S2. The van der Waals surface area contributed by atoms with E-state index in [0.29, 0.717) is 20.9 Å². The van der Waals surface area contributed by atoms with Gasteiger partial charge in [0.2, 0.25) is 25.9 Å². The van der Waals surface area contributed by atoms with Gasteiger partial charge >= 0.3 is 0 Å². The van der Waals surface area contributed by atoms with Crippen LogP contribution in [0.2, 0.25) is 0 Å². The highest BCUT2D eigenvalue weighted by atomic mass is 79.9. The first-order valence-electron chi connectivity index (χ1n) is 9.37. The Balaban J connectivity index is 1.62. The molecule has 0 fully saturated rings. The number of hydrogen-bond acceptors (Lipinski definition) is 6. The number of rotatable bonds is 11. The lowest BCUT2D eigenvalue weighted by molar-refractivity contribution is 0.311. The molecule has 1 aromatic heterocycles. The number of aromatic nitrogens is 1. The lowest BCUT2D eigenvalue weighted by Gasteiger charge is -2.10. The van der Waals surface area contributed by atoms with Crippen molar-refractivity contribution in [3.63, 3.8) is 0 Å². The molecule has 0 amide bonds. The Morgan fingerprint density at radius 3 is 2.42 bits per heavy atom. The largest absolute Gasteiger partial charge is 0.462 e. The van der Waals surface area contributed by atoms with E-state index in [1.807, 2.05) is 6.07 Å². The fourth-order valence-corrected chi connectivity index (χ4v) is 5.93. The number of aromatic amines is 1. The molecule has 0 aliphatic rings. The van der Waals surface area contributed by atoms with Crippen LogP contribution in [0.5, 0.6) is 5.88 Å². The van der Waals surface area contributed by atoms with Crippen molar-refractivity contribution < 1.29 is 21.6 Å². The quantitative estimate of drug-likeness (QED) is 0.220. The van der Waals surface area contributed by atoms with Crippen LogP contribution in [0.4, 0.5) is 0 Å². The number of sulfonamides is 2. The van der Waals surface area contributed by atoms with E-state index in [1.165, 1.54) is 0 Å². The van der Waals surface area contributed by atoms with E-state index in [-0.39, 0.29) is 42.8 Å². The van der Waals surface area contributed by atoms with Gasteiger partial charge in [-0.3, -0.25) is 5.73 Å². The van der Waals surface area contributed by atoms with Crippen LogP contribution >= 0.6 is 15.9 Å². The zero-order valence-corrected chi connectivity index (χ0v) is 19.7. The average Bonchev–Trinajstić information content (AvgIpc) is 3.06. The Hall–Kier alpha value is -1.96. The molecular weight excluding hydrogens is 508 g/mol. The number of benzene rings is 2. The minimum Gasteiger partial charge on any atom is -0.462 e. The van der Waals surface area contributed by atoms with Crippen LogP contribution in [-0.4, -0.2) is 41.6 Å². The van der Waals surface area contributed by atoms with Crippen molar-refractivity contribution in [2.45, 2.75) is 17.1 Å². The summed E-state index contributed by atoms with van der Waals surface area (Å²) < 4.78 is 61.1. The molecule has 9 nitrogen and oxygen atoms in total. The van der Waals surface area contributed by atoms with Crippen molar-refractivity contribution in [2.75, 3.05) is 19.8 Å². The summed E-state index contributed by atoms with van der Waals surface area (Å²) in [6, 6.07) is 14.0. The summed E-state index contributed by atoms with van der Waals surface area (Å²) in [5.41, 5.74) is 6.69. The van der Waals surface area contributed by atoms with E-state index in [2.05, 4.69) is 30.4 Å². The third-order valence-electron chi connectivity index (χ3n) is 4.34. The number of halogens is 1. The number of nitrogens with one attached hydrogen (secondary N) is 3. The van der Waals surface area contributed by atoms with Crippen molar-refractivity contribution >= 4 is 46.9 Å². The molecule has 31 heavy (non-hydrogen) atoms. The van der Waals surface area contributed by atoms with Gasteiger partial charge in [-0.15, -0.1) is 0 Å². The van der Waals surface area contributed by atoms with E-state index in [4.69, 9.17) is 10.5 Å². The molecule has 0 atom stereocenters. The van der Waals surface area contributed by atoms with Gasteiger partial charge in [-0.25, -0.2) is 26.3 Å². The number of hydrogen-bond donors (Lipinski definition) is 4. The zero-order chi connectivity index (χ0) is 22.5. The van der Waals surface area contributed by atoms with Gasteiger partial charge in [0, 0.05) is 28.5 Å². The van der Waals surface area contributed by atoms with Crippen molar-refractivity contribution in [1.82, 2.24) is 14.4 Å². The molecule has 1 heterocycles. The number of fused-ring (bicyclic) bond motifs is 1. The summed E-state index contributed by atoms with van der Waals surface area (Å²) in [7, 11) is -7.45. The van der Waals surface area contributed by atoms with E-state index >= 15 is 0 Å². The van der Waals surface area contributed by atoms with Gasteiger partial charge in [0.1, 0.15) is 6.73 Å². The fraction of sp³-hybridized carbons (Fsp3) is 0.263. The Labute approximate surface area is 189 Å².